The number of carbonyl (C=O) groups is 1. The predicted molar refractivity (Wildman–Crippen MR) is 74.4 cm³/mol. The Morgan fingerprint density at radius 3 is 2.56 bits per heavy atom. The predicted octanol–water partition coefficient (Wildman–Crippen LogP) is 2.43. The van der Waals surface area contributed by atoms with Crippen LogP contribution in [0, 0.1) is 0 Å². The molecular formula is C14H20O3S. The second kappa shape index (κ2) is 8.16. The quantitative estimate of drug-likeness (QED) is 0.537. The Labute approximate surface area is 111 Å². The molecule has 0 heterocycles. The molecule has 0 N–H and O–H groups in total. The Balaban J connectivity index is 2.65. The van der Waals surface area contributed by atoms with Gasteiger partial charge in [0, 0.05) is 35.8 Å². The van der Waals surface area contributed by atoms with Crippen LogP contribution in [0.4, 0.5) is 0 Å². The van der Waals surface area contributed by atoms with E-state index in [1.807, 2.05) is 25.1 Å². The zero-order chi connectivity index (χ0) is 13.4. The molecule has 0 spiro atoms. The van der Waals surface area contributed by atoms with Gasteiger partial charge >= 0.3 is 0 Å². The first-order chi connectivity index (χ1) is 8.70. The molecule has 3 nitrogen and oxygen atoms in total. The first kappa shape index (κ1) is 15.1. The smallest absolute Gasteiger partial charge is 0.178 e. The molecule has 0 aliphatic carbocycles. The monoisotopic (exact) mass is 268 g/mol. The number of Topliss-reactive ketones (excluding diaryl/α,β-unsaturated/α-hetero) is 1. The van der Waals surface area contributed by atoms with Crippen LogP contribution in [0.3, 0.4) is 0 Å². The Bertz CT molecular complexity index is 389. The SMILES string of the molecule is CCC(C(=O)c1ccccc1)S(=O)CCCOC. The van der Waals surface area contributed by atoms with Gasteiger partial charge in [-0.15, -0.1) is 0 Å². The molecule has 0 saturated carbocycles. The lowest BCUT2D eigenvalue weighted by Gasteiger charge is -2.13. The normalized spacial score (nSPS) is 14.1. The molecule has 2 atom stereocenters. The molecule has 0 saturated heterocycles. The van der Waals surface area contributed by atoms with Gasteiger partial charge in [-0.3, -0.25) is 9.00 Å². The number of hydrogen-bond acceptors (Lipinski definition) is 3. The second-order valence-electron chi connectivity index (χ2n) is 4.06. The highest BCUT2D eigenvalue weighted by Crippen LogP contribution is 2.12. The maximum absolute atomic E-state index is 12.2. The standard InChI is InChI=1S/C14H20O3S/c1-3-13(18(16)11-7-10-17-2)14(15)12-8-5-4-6-9-12/h4-6,8-9,13H,3,7,10-11H2,1-2H3. The molecule has 100 valence electrons. The molecule has 0 aromatic heterocycles. The fourth-order valence-electron chi connectivity index (χ4n) is 1.77. The zero-order valence-electron chi connectivity index (χ0n) is 10.9. The van der Waals surface area contributed by atoms with E-state index in [1.165, 1.54) is 0 Å². The van der Waals surface area contributed by atoms with Gasteiger partial charge in [-0.05, 0) is 12.8 Å². The average Bonchev–Trinajstić information content (AvgIpc) is 2.41. The molecule has 0 fully saturated rings. The van der Waals surface area contributed by atoms with Crippen molar-refractivity contribution < 1.29 is 13.7 Å². The third-order valence-corrected chi connectivity index (χ3v) is 4.61. The summed E-state index contributed by atoms with van der Waals surface area (Å²) in [6.45, 7) is 2.49. The highest BCUT2D eigenvalue weighted by molar-refractivity contribution is 7.86. The van der Waals surface area contributed by atoms with E-state index in [1.54, 1.807) is 19.2 Å². The van der Waals surface area contributed by atoms with Gasteiger partial charge in [0.15, 0.2) is 5.78 Å². The van der Waals surface area contributed by atoms with Crippen LogP contribution in [-0.4, -0.2) is 34.7 Å². The third-order valence-electron chi connectivity index (χ3n) is 2.73. The number of benzene rings is 1. The summed E-state index contributed by atoms with van der Waals surface area (Å²) in [4.78, 5) is 12.2. The Morgan fingerprint density at radius 1 is 1.33 bits per heavy atom. The van der Waals surface area contributed by atoms with Crippen molar-refractivity contribution in [1.82, 2.24) is 0 Å². The van der Waals surface area contributed by atoms with Gasteiger partial charge < -0.3 is 4.74 Å². The zero-order valence-corrected chi connectivity index (χ0v) is 11.7. The molecule has 0 radical (unpaired) electrons. The number of ether oxygens (including phenoxy) is 1. The summed E-state index contributed by atoms with van der Waals surface area (Å²) in [6, 6.07) is 9.07. The minimum atomic E-state index is -1.12. The van der Waals surface area contributed by atoms with Crippen molar-refractivity contribution >= 4 is 16.6 Å². The number of carbonyl (C=O) groups excluding carboxylic acids is 1. The lowest BCUT2D eigenvalue weighted by atomic mass is 10.1. The number of methoxy groups -OCH3 is 1. The Hall–Kier alpha value is -1.00. The number of ketones is 1. The van der Waals surface area contributed by atoms with E-state index in [9.17, 15) is 9.00 Å². The summed E-state index contributed by atoms with van der Waals surface area (Å²) in [5.41, 5.74) is 0.643. The lowest BCUT2D eigenvalue weighted by Crippen LogP contribution is -2.27. The van der Waals surface area contributed by atoms with Crippen LogP contribution >= 0.6 is 0 Å². The van der Waals surface area contributed by atoms with Crippen molar-refractivity contribution in [2.45, 2.75) is 25.0 Å². The summed E-state index contributed by atoms with van der Waals surface area (Å²) >= 11 is 0. The summed E-state index contributed by atoms with van der Waals surface area (Å²) in [7, 11) is 0.501. The molecule has 0 aliphatic rings. The van der Waals surface area contributed by atoms with E-state index >= 15 is 0 Å². The van der Waals surface area contributed by atoms with Crippen LogP contribution in [0.15, 0.2) is 30.3 Å². The molecule has 0 bridgehead atoms. The first-order valence-electron chi connectivity index (χ1n) is 6.16. The number of hydrogen-bond donors (Lipinski definition) is 0. The summed E-state index contributed by atoms with van der Waals surface area (Å²) in [5.74, 6) is 0.499. The van der Waals surface area contributed by atoms with E-state index in [0.29, 0.717) is 24.3 Å². The van der Waals surface area contributed by atoms with Crippen LogP contribution in [0.25, 0.3) is 0 Å². The van der Waals surface area contributed by atoms with Gasteiger partial charge in [0.1, 0.15) is 0 Å². The maximum atomic E-state index is 12.2. The number of rotatable bonds is 8. The maximum Gasteiger partial charge on any atom is 0.178 e. The third kappa shape index (κ3) is 4.35. The van der Waals surface area contributed by atoms with Crippen molar-refractivity contribution in [2.24, 2.45) is 0 Å². The van der Waals surface area contributed by atoms with Crippen LogP contribution in [0.5, 0.6) is 0 Å². The summed E-state index contributed by atoms with van der Waals surface area (Å²) in [6.07, 6.45) is 1.33. The molecule has 2 unspecified atom stereocenters. The fourth-order valence-corrected chi connectivity index (χ4v) is 3.20. The van der Waals surface area contributed by atoms with Gasteiger partial charge in [0.05, 0.1) is 5.25 Å². The lowest BCUT2D eigenvalue weighted by molar-refractivity contribution is 0.0986. The van der Waals surface area contributed by atoms with Crippen LogP contribution in [0.1, 0.15) is 30.1 Å². The second-order valence-corrected chi connectivity index (χ2v) is 5.80. The molecule has 1 rings (SSSR count). The first-order valence-corrected chi connectivity index (χ1v) is 7.54. The van der Waals surface area contributed by atoms with Crippen LogP contribution in [-0.2, 0) is 15.5 Å². The fraction of sp³-hybridized carbons (Fsp3) is 0.500. The van der Waals surface area contributed by atoms with Crippen molar-refractivity contribution in [3.8, 4) is 0 Å². The van der Waals surface area contributed by atoms with Crippen molar-refractivity contribution in [3.63, 3.8) is 0 Å². The van der Waals surface area contributed by atoms with Gasteiger partial charge in [-0.2, -0.15) is 0 Å². The van der Waals surface area contributed by atoms with Gasteiger partial charge in [0.2, 0.25) is 0 Å². The van der Waals surface area contributed by atoms with Crippen LogP contribution in [0.2, 0.25) is 0 Å². The largest absolute Gasteiger partial charge is 0.385 e. The van der Waals surface area contributed by atoms with E-state index in [2.05, 4.69) is 0 Å². The van der Waals surface area contributed by atoms with Gasteiger partial charge in [-0.25, -0.2) is 0 Å². The Morgan fingerprint density at radius 2 is 2.00 bits per heavy atom. The molecule has 4 heteroatoms. The molecule has 0 amide bonds. The van der Waals surface area contributed by atoms with E-state index in [0.717, 1.165) is 6.42 Å². The summed E-state index contributed by atoms with van der Waals surface area (Å²) in [5, 5.41) is -0.399. The van der Waals surface area contributed by atoms with Crippen molar-refractivity contribution in [1.29, 1.82) is 0 Å². The summed E-state index contributed by atoms with van der Waals surface area (Å²) < 4.78 is 17.0. The molecule has 18 heavy (non-hydrogen) atoms. The molecule has 1 aromatic carbocycles. The topological polar surface area (TPSA) is 43.4 Å². The van der Waals surface area contributed by atoms with Gasteiger partial charge in [-0.1, -0.05) is 37.3 Å². The minimum Gasteiger partial charge on any atom is -0.385 e. The molecule has 1 aromatic rings. The molecule has 0 aliphatic heterocycles. The Kier molecular flexibility index (Phi) is 6.83. The van der Waals surface area contributed by atoms with E-state index < -0.39 is 16.0 Å². The molecular weight excluding hydrogens is 248 g/mol. The van der Waals surface area contributed by atoms with Crippen molar-refractivity contribution in [2.75, 3.05) is 19.5 Å². The van der Waals surface area contributed by atoms with Crippen molar-refractivity contribution in [3.05, 3.63) is 35.9 Å². The average molecular weight is 268 g/mol. The van der Waals surface area contributed by atoms with Gasteiger partial charge in [0.25, 0.3) is 0 Å². The minimum absolute atomic E-state index is 0.0196. The van der Waals surface area contributed by atoms with Crippen LogP contribution < -0.4 is 0 Å². The van der Waals surface area contributed by atoms with E-state index in [-0.39, 0.29) is 5.78 Å². The highest BCUT2D eigenvalue weighted by atomic mass is 32.2. The van der Waals surface area contributed by atoms with E-state index in [4.69, 9.17) is 4.74 Å². The highest BCUT2D eigenvalue weighted by Gasteiger charge is 2.23.